The molecule has 0 aliphatic carbocycles. The molecular weight excluding hydrogens is 314 g/mol. The first kappa shape index (κ1) is 18.2. The zero-order chi connectivity index (χ0) is 18.0. The number of likely N-dealkylation sites (tertiary alicyclic amines) is 1. The maximum atomic E-state index is 12.7. The van der Waals surface area contributed by atoms with E-state index in [2.05, 4.69) is 4.85 Å². The summed E-state index contributed by atoms with van der Waals surface area (Å²) in [4.78, 5) is 17.5. The molecule has 0 atom stereocenters. The molecule has 130 valence electrons. The Labute approximate surface area is 141 Å². The van der Waals surface area contributed by atoms with Gasteiger partial charge in [0.1, 0.15) is 5.60 Å². The summed E-state index contributed by atoms with van der Waals surface area (Å²) in [5.41, 5.74) is -0.647. The quantitative estimate of drug-likeness (QED) is 0.729. The standard InChI is InChI=1S/C18H22F2N2O2/c1-17(2,3)24-16(23)22-11-9-18(21-4,10-12-22)14-7-5-13(6-8-14)15(19)20/h5-8,15H,9-12H2,1-3H3. The summed E-state index contributed by atoms with van der Waals surface area (Å²) in [6, 6.07) is 5.94. The first-order valence-corrected chi connectivity index (χ1v) is 7.92. The average Bonchev–Trinajstić information content (AvgIpc) is 2.53. The van der Waals surface area contributed by atoms with Crippen LogP contribution in [0.3, 0.4) is 0 Å². The Balaban J connectivity index is 2.09. The van der Waals surface area contributed by atoms with E-state index in [1.165, 1.54) is 12.1 Å². The van der Waals surface area contributed by atoms with Crippen molar-refractivity contribution in [3.05, 3.63) is 46.8 Å². The van der Waals surface area contributed by atoms with Crippen LogP contribution >= 0.6 is 0 Å². The van der Waals surface area contributed by atoms with Gasteiger partial charge in [0, 0.05) is 37.1 Å². The molecule has 4 nitrogen and oxygen atoms in total. The summed E-state index contributed by atoms with van der Waals surface area (Å²) < 4.78 is 30.7. The fraction of sp³-hybridized carbons (Fsp3) is 0.556. The predicted octanol–water partition coefficient (Wildman–Crippen LogP) is 4.77. The van der Waals surface area contributed by atoms with Crippen LogP contribution in [0.25, 0.3) is 4.85 Å². The van der Waals surface area contributed by atoms with Crippen LogP contribution in [0.5, 0.6) is 0 Å². The van der Waals surface area contributed by atoms with E-state index in [0.29, 0.717) is 25.9 Å². The molecule has 24 heavy (non-hydrogen) atoms. The third-order valence-corrected chi connectivity index (χ3v) is 4.16. The molecule has 0 bridgehead atoms. The Bertz CT molecular complexity index is 622. The van der Waals surface area contributed by atoms with Crippen LogP contribution in [0.2, 0.25) is 0 Å². The van der Waals surface area contributed by atoms with Crippen LogP contribution < -0.4 is 0 Å². The Kier molecular flexibility index (Phi) is 5.12. The van der Waals surface area contributed by atoms with Crippen molar-refractivity contribution in [2.75, 3.05) is 13.1 Å². The van der Waals surface area contributed by atoms with Gasteiger partial charge in [0.2, 0.25) is 0 Å². The first-order valence-electron chi connectivity index (χ1n) is 7.92. The van der Waals surface area contributed by atoms with E-state index in [0.717, 1.165) is 5.56 Å². The number of rotatable bonds is 2. The Morgan fingerprint density at radius 2 is 1.79 bits per heavy atom. The SMILES string of the molecule is [C-]#[N+]C1(c2ccc(C(F)F)cc2)CCN(C(=O)OC(C)(C)C)CC1. The van der Waals surface area contributed by atoms with Gasteiger partial charge < -0.3 is 14.5 Å². The highest BCUT2D eigenvalue weighted by Gasteiger charge is 2.44. The van der Waals surface area contributed by atoms with Gasteiger partial charge in [0.15, 0.2) is 0 Å². The van der Waals surface area contributed by atoms with E-state index in [4.69, 9.17) is 11.3 Å². The highest BCUT2D eigenvalue weighted by Crippen LogP contribution is 2.38. The number of hydrogen-bond acceptors (Lipinski definition) is 2. The molecule has 1 aromatic carbocycles. The molecule has 1 aliphatic heterocycles. The summed E-state index contributed by atoms with van der Waals surface area (Å²) >= 11 is 0. The van der Waals surface area contributed by atoms with Crippen molar-refractivity contribution in [1.82, 2.24) is 4.90 Å². The number of benzene rings is 1. The monoisotopic (exact) mass is 336 g/mol. The molecule has 0 aromatic heterocycles. The lowest BCUT2D eigenvalue weighted by atomic mass is 9.81. The summed E-state index contributed by atoms with van der Waals surface area (Å²) in [5, 5.41) is 0. The second-order valence-electron chi connectivity index (χ2n) is 7.03. The topological polar surface area (TPSA) is 33.9 Å². The third-order valence-electron chi connectivity index (χ3n) is 4.16. The first-order chi connectivity index (χ1) is 11.2. The van der Waals surface area contributed by atoms with E-state index in [-0.39, 0.29) is 11.7 Å². The Morgan fingerprint density at radius 3 is 2.21 bits per heavy atom. The number of carbonyl (C=O) groups is 1. The van der Waals surface area contributed by atoms with Crippen molar-refractivity contribution in [3.63, 3.8) is 0 Å². The van der Waals surface area contributed by atoms with Crippen molar-refractivity contribution in [1.29, 1.82) is 0 Å². The highest BCUT2D eigenvalue weighted by molar-refractivity contribution is 5.68. The van der Waals surface area contributed by atoms with Crippen molar-refractivity contribution in [2.45, 2.75) is 51.2 Å². The van der Waals surface area contributed by atoms with Gasteiger partial charge in [-0.2, -0.15) is 0 Å². The molecule has 2 rings (SSSR count). The predicted molar refractivity (Wildman–Crippen MR) is 86.7 cm³/mol. The minimum absolute atomic E-state index is 0.0509. The Morgan fingerprint density at radius 1 is 1.25 bits per heavy atom. The summed E-state index contributed by atoms with van der Waals surface area (Å²) in [7, 11) is 0. The molecule has 1 aromatic rings. The molecule has 0 unspecified atom stereocenters. The van der Waals surface area contributed by atoms with E-state index < -0.39 is 17.6 Å². The van der Waals surface area contributed by atoms with Crippen molar-refractivity contribution in [3.8, 4) is 0 Å². The van der Waals surface area contributed by atoms with E-state index in [9.17, 15) is 13.6 Å². The maximum Gasteiger partial charge on any atom is 0.410 e. The van der Waals surface area contributed by atoms with Crippen LogP contribution in [0, 0.1) is 6.57 Å². The zero-order valence-corrected chi connectivity index (χ0v) is 14.2. The molecule has 0 saturated carbocycles. The molecule has 1 saturated heterocycles. The van der Waals surface area contributed by atoms with E-state index in [1.54, 1.807) is 17.0 Å². The number of amides is 1. The number of ether oxygens (including phenoxy) is 1. The second-order valence-corrected chi connectivity index (χ2v) is 7.03. The van der Waals surface area contributed by atoms with Gasteiger partial charge in [-0.25, -0.2) is 20.1 Å². The van der Waals surface area contributed by atoms with Crippen LogP contribution in [0.1, 0.15) is 51.2 Å². The fourth-order valence-electron chi connectivity index (χ4n) is 2.79. The zero-order valence-electron chi connectivity index (χ0n) is 14.2. The molecule has 1 aliphatic rings. The van der Waals surface area contributed by atoms with Gasteiger partial charge in [0.05, 0.1) is 0 Å². The number of halogens is 2. The summed E-state index contributed by atoms with van der Waals surface area (Å²) in [6.45, 7) is 13.8. The molecule has 0 N–H and O–H groups in total. The van der Waals surface area contributed by atoms with Gasteiger partial charge in [-0.15, -0.1) is 0 Å². The smallest absolute Gasteiger partial charge is 0.410 e. The number of carbonyl (C=O) groups excluding carboxylic acids is 1. The number of hydrogen-bond donors (Lipinski definition) is 0. The van der Waals surface area contributed by atoms with Crippen LogP contribution in [0.4, 0.5) is 13.6 Å². The fourth-order valence-corrected chi connectivity index (χ4v) is 2.79. The lowest BCUT2D eigenvalue weighted by molar-refractivity contribution is 0.0182. The van der Waals surface area contributed by atoms with Gasteiger partial charge in [-0.05, 0) is 20.8 Å². The number of alkyl halides is 2. The second kappa shape index (κ2) is 6.76. The molecular formula is C18H22F2N2O2. The molecule has 1 fully saturated rings. The lowest BCUT2D eigenvalue weighted by Crippen LogP contribution is -2.45. The molecule has 6 heteroatoms. The van der Waals surface area contributed by atoms with Gasteiger partial charge in [0.25, 0.3) is 12.0 Å². The van der Waals surface area contributed by atoms with Gasteiger partial charge >= 0.3 is 6.09 Å². The minimum Gasteiger partial charge on any atom is -0.444 e. The van der Waals surface area contributed by atoms with E-state index in [1.807, 2.05) is 20.8 Å². The third kappa shape index (κ3) is 4.02. The van der Waals surface area contributed by atoms with Crippen LogP contribution in [0.15, 0.2) is 24.3 Å². The molecule has 1 heterocycles. The van der Waals surface area contributed by atoms with Gasteiger partial charge in [-0.3, -0.25) is 0 Å². The average molecular weight is 336 g/mol. The molecule has 0 radical (unpaired) electrons. The summed E-state index contributed by atoms with van der Waals surface area (Å²) in [5.74, 6) is 0. The highest BCUT2D eigenvalue weighted by atomic mass is 19.3. The normalized spacial score (nSPS) is 17.5. The number of nitrogens with zero attached hydrogens (tertiary/aromatic N) is 2. The van der Waals surface area contributed by atoms with Crippen molar-refractivity contribution >= 4 is 6.09 Å². The molecule has 0 spiro atoms. The van der Waals surface area contributed by atoms with Gasteiger partial charge in [-0.1, -0.05) is 24.3 Å². The maximum absolute atomic E-state index is 12.7. The largest absolute Gasteiger partial charge is 0.444 e. The lowest BCUT2D eigenvalue weighted by Gasteiger charge is -2.35. The minimum atomic E-state index is -2.52. The number of piperidine rings is 1. The van der Waals surface area contributed by atoms with E-state index >= 15 is 0 Å². The van der Waals surface area contributed by atoms with Crippen molar-refractivity contribution < 1.29 is 18.3 Å². The van der Waals surface area contributed by atoms with Crippen molar-refractivity contribution in [2.24, 2.45) is 0 Å². The van der Waals surface area contributed by atoms with Crippen LogP contribution in [-0.2, 0) is 10.3 Å². The molecule has 1 amide bonds. The Hall–Kier alpha value is -2.16. The summed E-state index contributed by atoms with van der Waals surface area (Å²) in [6.07, 6.45) is -1.97. The van der Waals surface area contributed by atoms with Crippen LogP contribution in [-0.4, -0.2) is 29.7 Å².